The van der Waals surface area contributed by atoms with Crippen LogP contribution in [-0.4, -0.2) is 30.1 Å². The van der Waals surface area contributed by atoms with Crippen LogP contribution in [0.5, 0.6) is 0 Å². The predicted octanol–water partition coefficient (Wildman–Crippen LogP) is 6.25. The number of benzene rings is 4. The molecule has 0 N–H and O–H groups in total. The van der Waals surface area contributed by atoms with Crippen LogP contribution in [0.3, 0.4) is 0 Å². The molecule has 0 unspecified atom stereocenters. The van der Waals surface area contributed by atoms with Crippen molar-refractivity contribution in [2.75, 3.05) is 4.47 Å². The first-order valence-corrected chi connectivity index (χ1v) is 13.3. The van der Waals surface area contributed by atoms with Crippen molar-refractivity contribution in [1.82, 2.24) is 9.55 Å². The van der Waals surface area contributed by atoms with Crippen LogP contribution in [0, 0.1) is 11.6 Å². The van der Waals surface area contributed by atoms with Gasteiger partial charge in [0.05, 0.1) is 16.7 Å². The van der Waals surface area contributed by atoms with Crippen molar-refractivity contribution in [1.29, 1.82) is 0 Å². The molecule has 0 saturated carbocycles. The van der Waals surface area contributed by atoms with E-state index in [2.05, 4.69) is 9.82 Å². The normalized spacial score (nSPS) is 11.9. The van der Waals surface area contributed by atoms with Gasteiger partial charge in [-0.3, -0.25) is 0 Å². The quantitative estimate of drug-likeness (QED) is 0.166. The van der Waals surface area contributed by atoms with Gasteiger partial charge in [0.1, 0.15) is 22.4 Å². The number of carbonyl (C=O) groups excluding carboxylic acids is 1. The van der Waals surface area contributed by atoms with E-state index in [1.807, 2.05) is 47.0 Å². The van der Waals surface area contributed by atoms with Gasteiger partial charge in [-0.2, -0.15) is 21.6 Å². The fourth-order valence-corrected chi connectivity index (χ4v) is 5.38. The number of para-hydroxylation sites is 2. The number of fused-ring (bicyclic) bond motifs is 1. The lowest BCUT2D eigenvalue weighted by atomic mass is 10.2. The van der Waals surface area contributed by atoms with E-state index in [4.69, 9.17) is 0 Å². The van der Waals surface area contributed by atoms with Crippen molar-refractivity contribution >= 4 is 32.7 Å². The Morgan fingerprint density at radius 1 is 0.878 bits per heavy atom. The third kappa shape index (κ3) is 5.61. The minimum Gasteiger partial charge on any atom is -0.319 e. The molecule has 4 aromatic carbocycles. The van der Waals surface area contributed by atoms with Crippen LogP contribution < -0.4 is 4.47 Å². The Labute approximate surface area is 230 Å². The van der Waals surface area contributed by atoms with Crippen LogP contribution in [-0.2, 0) is 26.2 Å². The number of carbonyl (C=O) groups is 1. The average molecular weight is 588 g/mol. The van der Waals surface area contributed by atoms with Crippen molar-refractivity contribution in [3.63, 3.8) is 0 Å². The number of halogens is 5. The average Bonchev–Trinajstić information content (AvgIpc) is 3.29. The third-order valence-corrected chi connectivity index (χ3v) is 7.57. The standard InChI is InChI=1S/C28H18F5N3O4S/c29-20-12-15-25(22(30)16-20)41(38,39)36(40-27(37)28(31,32)33)21-13-10-19(11-14-21)26-34-23-8-4-5-9-24(23)35(26)17-18-6-2-1-3-7-18/h1-16H,17H2. The molecule has 1 heterocycles. The number of imidazole rings is 1. The zero-order valence-corrected chi connectivity index (χ0v) is 21.5. The van der Waals surface area contributed by atoms with Gasteiger partial charge >= 0.3 is 12.1 Å². The zero-order chi connectivity index (χ0) is 29.4. The maximum atomic E-state index is 14.4. The van der Waals surface area contributed by atoms with Gasteiger partial charge in [-0.25, -0.2) is 18.6 Å². The van der Waals surface area contributed by atoms with Crippen molar-refractivity contribution in [2.45, 2.75) is 17.6 Å². The summed E-state index contributed by atoms with van der Waals surface area (Å²) in [4.78, 5) is 19.3. The first-order valence-electron chi connectivity index (χ1n) is 11.8. The topological polar surface area (TPSA) is 81.5 Å². The second-order valence-corrected chi connectivity index (χ2v) is 10.4. The summed E-state index contributed by atoms with van der Waals surface area (Å²) in [6, 6.07) is 23.0. The van der Waals surface area contributed by atoms with Gasteiger partial charge in [-0.05, 0) is 54.1 Å². The molecule has 0 amide bonds. The molecular formula is C28H18F5N3O4S. The minimum atomic E-state index is -5.57. The maximum absolute atomic E-state index is 14.4. The Bertz CT molecular complexity index is 1840. The van der Waals surface area contributed by atoms with E-state index < -0.39 is 44.4 Å². The van der Waals surface area contributed by atoms with Gasteiger partial charge in [0, 0.05) is 18.2 Å². The van der Waals surface area contributed by atoms with Gasteiger partial charge < -0.3 is 9.40 Å². The van der Waals surface area contributed by atoms with E-state index in [1.54, 1.807) is 12.1 Å². The Kier molecular flexibility index (Phi) is 7.22. The van der Waals surface area contributed by atoms with Gasteiger partial charge in [0.15, 0.2) is 0 Å². The van der Waals surface area contributed by atoms with Crippen molar-refractivity contribution < 1.29 is 40.0 Å². The van der Waals surface area contributed by atoms with E-state index in [1.165, 1.54) is 12.1 Å². The fraction of sp³-hybridized carbons (Fsp3) is 0.0714. The molecule has 0 bridgehead atoms. The maximum Gasteiger partial charge on any atom is 0.493 e. The molecule has 0 aliphatic carbocycles. The smallest absolute Gasteiger partial charge is 0.319 e. The second-order valence-electron chi connectivity index (χ2n) is 8.73. The molecule has 0 spiro atoms. The molecule has 5 rings (SSSR count). The number of sulfonamides is 1. The molecule has 0 aliphatic heterocycles. The summed E-state index contributed by atoms with van der Waals surface area (Å²) in [6.07, 6.45) is -5.57. The van der Waals surface area contributed by atoms with Crippen LogP contribution in [0.2, 0.25) is 0 Å². The van der Waals surface area contributed by atoms with Crippen LogP contribution in [0.1, 0.15) is 5.56 Å². The van der Waals surface area contributed by atoms with Gasteiger partial charge in [-0.15, -0.1) is 0 Å². The molecular weight excluding hydrogens is 569 g/mol. The van der Waals surface area contributed by atoms with Crippen molar-refractivity contribution in [3.05, 3.63) is 114 Å². The Morgan fingerprint density at radius 3 is 2.20 bits per heavy atom. The van der Waals surface area contributed by atoms with Gasteiger partial charge in [0.25, 0.3) is 10.0 Å². The van der Waals surface area contributed by atoms with Crippen LogP contribution in [0.25, 0.3) is 22.4 Å². The zero-order valence-electron chi connectivity index (χ0n) is 20.7. The first-order chi connectivity index (χ1) is 19.4. The van der Waals surface area contributed by atoms with E-state index >= 15 is 0 Å². The molecule has 0 atom stereocenters. The lowest BCUT2D eigenvalue weighted by molar-refractivity contribution is -0.199. The number of hydrogen-bond donors (Lipinski definition) is 0. The highest BCUT2D eigenvalue weighted by Crippen LogP contribution is 2.32. The van der Waals surface area contributed by atoms with E-state index in [-0.39, 0.29) is 10.5 Å². The third-order valence-electron chi connectivity index (χ3n) is 5.96. The second kappa shape index (κ2) is 10.7. The number of anilines is 1. The summed E-state index contributed by atoms with van der Waals surface area (Å²) >= 11 is 0. The molecule has 5 aromatic rings. The molecule has 0 aliphatic rings. The Hall–Kier alpha value is -4.78. The van der Waals surface area contributed by atoms with Crippen molar-refractivity contribution in [3.8, 4) is 11.4 Å². The largest absolute Gasteiger partial charge is 0.493 e. The predicted molar refractivity (Wildman–Crippen MR) is 139 cm³/mol. The Balaban J connectivity index is 1.58. The monoisotopic (exact) mass is 587 g/mol. The highest BCUT2D eigenvalue weighted by Gasteiger charge is 2.45. The summed E-state index contributed by atoms with van der Waals surface area (Å²) in [5, 5.41) is 0. The number of nitrogens with zero attached hydrogens (tertiary/aromatic N) is 3. The van der Waals surface area contributed by atoms with E-state index in [9.17, 15) is 35.2 Å². The summed E-state index contributed by atoms with van der Waals surface area (Å²) in [7, 11) is -5.28. The molecule has 13 heteroatoms. The molecule has 1 aromatic heterocycles. The lowest BCUT2D eigenvalue weighted by Gasteiger charge is -2.23. The van der Waals surface area contributed by atoms with Crippen LogP contribution in [0.15, 0.2) is 102 Å². The molecule has 41 heavy (non-hydrogen) atoms. The molecule has 0 saturated heterocycles. The van der Waals surface area contributed by atoms with Crippen LogP contribution in [0.4, 0.5) is 27.6 Å². The summed E-state index contributed by atoms with van der Waals surface area (Å²) in [5.41, 5.74) is 2.32. The molecule has 0 fully saturated rings. The number of alkyl halides is 3. The minimum absolute atomic E-state index is 0.233. The summed E-state index contributed by atoms with van der Waals surface area (Å²) < 4.78 is 94.7. The van der Waals surface area contributed by atoms with Crippen LogP contribution >= 0.6 is 0 Å². The lowest BCUT2D eigenvalue weighted by Crippen LogP contribution is -2.39. The molecule has 0 radical (unpaired) electrons. The highest BCUT2D eigenvalue weighted by molar-refractivity contribution is 7.92. The number of rotatable bonds is 7. The first kappa shape index (κ1) is 27.8. The Morgan fingerprint density at radius 2 is 1.54 bits per heavy atom. The summed E-state index contributed by atoms with van der Waals surface area (Å²) in [5.74, 6) is -5.11. The van der Waals surface area contributed by atoms with Gasteiger partial charge in [-0.1, -0.05) is 46.9 Å². The SMILES string of the molecule is O=C(ON(c1ccc(-c2nc3ccccc3n2Cc2ccccc2)cc1)S(=O)(=O)c1ccc(F)cc1F)C(F)(F)F. The molecule has 210 valence electrons. The molecule has 7 nitrogen and oxygen atoms in total. The van der Waals surface area contributed by atoms with E-state index in [0.29, 0.717) is 35.6 Å². The van der Waals surface area contributed by atoms with Crippen molar-refractivity contribution in [2.24, 2.45) is 0 Å². The van der Waals surface area contributed by atoms with Gasteiger partial charge in [0.2, 0.25) is 0 Å². The summed E-state index contributed by atoms with van der Waals surface area (Å²) in [6.45, 7) is 0.423. The van der Waals surface area contributed by atoms with E-state index in [0.717, 1.165) is 23.2 Å². The number of hydrogen-bond acceptors (Lipinski definition) is 5. The highest BCUT2D eigenvalue weighted by atomic mass is 32.2. The fourth-order valence-electron chi connectivity index (χ4n) is 4.10. The number of aromatic nitrogens is 2.